The fraction of sp³-hybridized carbons (Fsp3) is 0.100. The highest BCUT2D eigenvalue weighted by Crippen LogP contribution is 2.19. The Labute approximate surface area is 179 Å². The van der Waals surface area contributed by atoms with Gasteiger partial charge in [-0.3, -0.25) is 19.4 Å². The van der Waals surface area contributed by atoms with Crippen molar-refractivity contribution in [3.63, 3.8) is 0 Å². The van der Waals surface area contributed by atoms with E-state index >= 15 is 0 Å². The van der Waals surface area contributed by atoms with Crippen molar-refractivity contribution in [2.45, 2.75) is 5.16 Å². The fourth-order valence-electron chi connectivity index (χ4n) is 2.50. The normalized spacial score (nSPS) is 10.5. The lowest BCUT2D eigenvalue weighted by Crippen LogP contribution is -2.28. The number of H-pyrrole nitrogens is 1. The van der Waals surface area contributed by atoms with Crippen molar-refractivity contribution in [1.82, 2.24) is 9.97 Å². The van der Waals surface area contributed by atoms with Crippen molar-refractivity contribution in [3.8, 4) is 0 Å². The summed E-state index contributed by atoms with van der Waals surface area (Å²) in [5.74, 6) is -3.71. The standard InChI is InChI=1S/C20H17F2N5O3S/c1-27(12-5-3-2-4-6-12)15(28)10-31-20-25-17(23)16(19(30)26-20)24-18(29)11-7-8-13(21)14(22)9-11/h2-9H,10H2,1H3,(H,24,29)(H3,23,25,26,30). The van der Waals surface area contributed by atoms with E-state index in [9.17, 15) is 23.2 Å². The molecule has 0 bridgehead atoms. The van der Waals surface area contributed by atoms with E-state index in [0.29, 0.717) is 11.8 Å². The summed E-state index contributed by atoms with van der Waals surface area (Å²) in [4.78, 5) is 44.7. The maximum atomic E-state index is 13.3. The van der Waals surface area contributed by atoms with Gasteiger partial charge in [-0.15, -0.1) is 0 Å². The molecule has 31 heavy (non-hydrogen) atoms. The third-order valence-electron chi connectivity index (χ3n) is 4.20. The lowest BCUT2D eigenvalue weighted by Gasteiger charge is -2.16. The van der Waals surface area contributed by atoms with Crippen LogP contribution in [0.1, 0.15) is 10.4 Å². The van der Waals surface area contributed by atoms with Crippen molar-refractivity contribution in [2.24, 2.45) is 0 Å². The molecule has 2 amide bonds. The van der Waals surface area contributed by atoms with Crippen LogP contribution in [0.15, 0.2) is 58.5 Å². The molecule has 0 radical (unpaired) electrons. The maximum Gasteiger partial charge on any atom is 0.277 e. The summed E-state index contributed by atoms with van der Waals surface area (Å²) in [7, 11) is 1.62. The van der Waals surface area contributed by atoms with E-state index < -0.39 is 23.1 Å². The van der Waals surface area contributed by atoms with E-state index in [2.05, 4.69) is 15.3 Å². The summed E-state index contributed by atoms with van der Waals surface area (Å²) in [6, 6.07) is 11.6. The van der Waals surface area contributed by atoms with Crippen LogP contribution in [0.5, 0.6) is 0 Å². The number of hydrogen-bond donors (Lipinski definition) is 3. The fourth-order valence-corrected chi connectivity index (χ4v) is 3.29. The van der Waals surface area contributed by atoms with E-state index in [-0.39, 0.29) is 33.9 Å². The predicted octanol–water partition coefficient (Wildman–Crippen LogP) is 2.64. The Kier molecular flexibility index (Phi) is 6.65. The average molecular weight is 445 g/mol. The zero-order chi connectivity index (χ0) is 22.5. The van der Waals surface area contributed by atoms with Gasteiger partial charge in [0.25, 0.3) is 11.5 Å². The largest absolute Gasteiger partial charge is 0.382 e. The number of aromatic nitrogens is 2. The van der Waals surface area contributed by atoms with Crippen LogP contribution in [-0.4, -0.2) is 34.6 Å². The predicted molar refractivity (Wildman–Crippen MR) is 114 cm³/mol. The molecule has 0 unspecified atom stereocenters. The number of nitrogens with zero attached hydrogens (tertiary/aromatic N) is 2. The van der Waals surface area contributed by atoms with Crippen LogP contribution in [0.25, 0.3) is 0 Å². The Bertz CT molecular complexity index is 1190. The third kappa shape index (κ3) is 5.25. The van der Waals surface area contributed by atoms with Crippen LogP contribution in [-0.2, 0) is 4.79 Å². The number of benzene rings is 2. The minimum Gasteiger partial charge on any atom is -0.382 e. The van der Waals surface area contributed by atoms with Crippen molar-refractivity contribution < 1.29 is 18.4 Å². The van der Waals surface area contributed by atoms with Crippen LogP contribution in [0.2, 0.25) is 0 Å². The zero-order valence-electron chi connectivity index (χ0n) is 16.2. The second-order valence-electron chi connectivity index (χ2n) is 6.29. The van der Waals surface area contributed by atoms with Crippen LogP contribution >= 0.6 is 11.8 Å². The van der Waals surface area contributed by atoms with Gasteiger partial charge in [-0.2, -0.15) is 0 Å². The Balaban J connectivity index is 1.68. The first-order valence-corrected chi connectivity index (χ1v) is 9.85. The number of carbonyl (C=O) groups excluding carboxylic acids is 2. The van der Waals surface area contributed by atoms with Crippen molar-refractivity contribution in [1.29, 1.82) is 0 Å². The molecule has 0 saturated carbocycles. The molecule has 0 aliphatic heterocycles. The number of nitrogen functional groups attached to an aromatic ring is 1. The first-order valence-electron chi connectivity index (χ1n) is 8.87. The van der Waals surface area contributed by atoms with Gasteiger partial charge in [0.05, 0.1) is 5.75 Å². The number of anilines is 3. The Morgan fingerprint density at radius 2 is 1.87 bits per heavy atom. The number of nitrogens with two attached hydrogens (primary N) is 1. The molecule has 3 rings (SSSR count). The van der Waals surface area contributed by atoms with E-state index in [1.54, 1.807) is 31.3 Å². The number of amides is 2. The van der Waals surface area contributed by atoms with E-state index in [1.165, 1.54) is 4.90 Å². The number of aromatic amines is 1. The molecular formula is C20H17F2N5O3S. The smallest absolute Gasteiger partial charge is 0.277 e. The highest BCUT2D eigenvalue weighted by atomic mass is 32.2. The van der Waals surface area contributed by atoms with Gasteiger partial charge in [0.2, 0.25) is 5.91 Å². The average Bonchev–Trinajstić information content (AvgIpc) is 2.76. The molecule has 8 nitrogen and oxygen atoms in total. The molecule has 0 fully saturated rings. The lowest BCUT2D eigenvalue weighted by atomic mass is 10.2. The van der Waals surface area contributed by atoms with Crippen LogP contribution < -0.4 is 21.5 Å². The summed E-state index contributed by atoms with van der Waals surface area (Å²) in [6.45, 7) is 0. The summed E-state index contributed by atoms with van der Waals surface area (Å²) < 4.78 is 26.3. The molecule has 2 aromatic carbocycles. The first-order chi connectivity index (χ1) is 14.8. The molecule has 4 N–H and O–H groups in total. The number of thioether (sulfide) groups is 1. The zero-order valence-corrected chi connectivity index (χ0v) is 17.0. The van der Waals surface area contributed by atoms with Gasteiger partial charge in [0, 0.05) is 18.3 Å². The second kappa shape index (κ2) is 9.39. The number of nitrogens with one attached hydrogen (secondary N) is 2. The van der Waals surface area contributed by atoms with Gasteiger partial charge in [-0.1, -0.05) is 30.0 Å². The molecule has 0 atom stereocenters. The van der Waals surface area contributed by atoms with Crippen molar-refractivity contribution in [3.05, 3.63) is 76.1 Å². The van der Waals surface area contributed by atoms with E-state index in [0.717, 1.165) is 23.9 Å². The quantitative estimate of drug-likeness (QED) is 0.396. The topological polar surface area (TPSA) is 121 Å². The molecule has 0 spiro atoms. The van der Waals surface area contributed by atoms with Crippen LogP contribution in [0, 0.1) is 11.6 Å². The first kappa shape index (κ1) is 22.0. The Hall–Kier alpha value is -3.73. The number of carbonyl (C=O) groups is 2. The minimum absolute atomic E-state index is 0.0195. The third-order valence-corrected chi connectivity index (χ3v) is 5.05. The summed E-state index contributed by atoms with van der Waals surface area (Å²) in [6.07, 6.45) is 0. The second-order valence-corrected chi connectivity index (χ2v) is 7.26. The lowest BCUT2D eigenvalue weighted by molar-refractivity contribution is -0.115. The maximum absolute atomic E-state index is 13.3. The summed E-state index contributed by atoms with van der Waals surface area (Å²) >= 11 is 0.966. The molecule has 0 aliphatic rings. The molecule has 1 aromatic heterocycles. The molecular weight excluding hydrogens is 428 g/mol. The SMILES string of the molecule is CN(C(=O)CSc1nc(N)c(NC(=O)c2ccc(F)c(F)c2)c(=O)[nH]1)c1ccccc1. The summed E-state index contributed by atoms with van der Waals surface area (Å²) in [5, 5.41) is 2.32. The van der Waals surface area contributed by atoms with Gasteiger partial charge in [-0.25, -0.2) is 13.8 Å². The van der Waals surface area contributed by atoms with Gasteiger partial charge < -0.3 is 16.0 Å². The highest BCUT2D eigenvalue weighted by molar-refractivity contribution is 7.99. The van der Waals surface area contributed by atoms with Crippen LogP contribution in [0.3, 0.4) is 0 Å². The highest BCUT2D eigenvalue weighted by Gasteiger charge is 2.17. The Morgan fingerprint density at radius 1 is 1.16 bits per heavy atom. The van der Waals surface area contributed by atoms with Gasteiger partial charge in [-0.05, 0) is 30.3 Å². The van der Waals surface area contributed by atoms with Crippen molar-refractivity contribution in [2.75, 3.05) is 28.8 Å². The molecule has 3 aromatic rings. The van der Waals surface area contributed by atoms with E-state index in [4.69, 9.17) is 5.73 Å². The van der Waals surface area contributed by atoms with E-state index in [1.807, 2.05) is 6.07 Å². The molecule has 1 heterocycles. The van der Waals surface area contributed by atoms with Crippen molar-refractivity contribution >= 4 is 40.8 Å². The van der Waals surface area contributed by atoms with Gasteiger partial charge >= 0.3 is 0 Å². The number of para-hydroxylation sites is 1. The van der Waals surface area contributed by atoms with Crippen LogP contribution in [0.4, 0.5) is 26.0 Å². The Morgan fingerprint density at radius 3 is 2.52 bits per heavy atom. The molecule has 0 saturated heterocycles. The number of hydrogen-bond acceptors (Lipinski definition) is 6. The molecule has 160 valence electrons. The summed E-state index contributed by atoms with van der Waals surface area (Å²) in [5.41, 5.74) is 5.18. The molecule has 11 heteroatoms. The van der Waals surface area contributed by atoms with Gasteiger partial charge in [0.1, 0.15) is 5.69 Å². The monoisotopic (exact) mass is 445 g/mol. The number of halogens is 2. The minimum atomic E-state index is -1.20. The molecule has 0 aliphatic carbocycles. The number of rotatable bonds is 6. The van der Waals surface area contributed by atoms with Gasteiger partial charge in [0.15, 0.2) is 22.6 Å².